The van der Waals surface area contributed by atoms with Gasteiger partial charge in [0.05, 0.1) is 5.02 Å². The van der Waals surface area contributed by atoms with Gasteiger partial charge in [-0.15, -0.1) is 0 Å². The maximum atomic E-state index is 6.01. The van der Waals surface area contributed by atoms with Crippen molar-refractivity contribution in [2.75, 3.05) is 0 Å². The predicted octanol–water partition coefficient (Wildman–Crippen LogP) is 4.06. The maximum Gasteiger partial charge on any atom is 0.129 e. The lowest BCUT2D eigenvalue weighted by molar-refractivity contribution is 1.33. The van der Waals surface area contributed by atoms with Crippen LogP contribution in [0.3, 0.4) is 0 Å². The molecule has 0 N–H and O–H groups in total. The highest BCUT2D eigenvalue weighted by atomic mass is 35.5. The van der Waals surface area contributed by atoms with Gasteiger partial charge in [0.1, 0.15) is 5.15 Å². The molecule has 2 rings (SSSR count). The minimum Gasteiger partial charge on any atom is -0.243 e. The summed E-state index contributed by atoms with van der Waals surface area (Å²) in [6, 6.07) is 11.6. The Bertz CT molecular complexity index is 440. The summed E-state index contributed by atoms with van der Waals surface area (Å²) in [5, 5.41) is 1.06. The van der Waals surface area contributed by atoms with Crippen molar-refractivity contribution in [2.45, 2.75) is 0 Å². The zero-order chi connectivity index (χ0) is 9.97. The second-order valence-corrected chi connectivity index (χ2v) is 3.65. The largest absolute Gasteiger partial charge is 0.243 e. The van der Waals surface area contributed by atoms with Gasteiger partial charge in [-0.2, -0.15) is 0 Å². The fraction of sp³-hybridized carbons (Fsp3) is 0. The third-order valence-corrected chi connectivity index (χ3v) is 2.41. The quantitative estimate of drug-likeness (QED) is 0.665. The van der Waals surface area contributed by atoms with Crippen LogP contribution in [0.5, 0.6) is 0 Å². The molecule has 0 saturated heterocycles. The van der Waals surface area contributed by atoms with Crippen LogP contribution in [0.2, 0.25) is 10.2 Å². The van der Waals surface area contributed by atoms with Crippen LogP contribution >= 0.6 is 23.2 Å². The normalized spacial score (nSPS) is 10.1. The van der Waals surface area contributed by atoms with Gasteiger partial charge < -0.3 is 0 Å². The third-order valence-electron chi connectivity index (χ3n) is 1.91. The molecule has 1 aromatic heterocycles. The number of rotatable bonds is 1. The maximum absolute atomic E-state index is 6.01. The topological polar surface area (TPSA) is 12.9 Å². The van der Waals surface area contributed by atoms with Crippen molar-refractivity contribution < 1.29 is 0 Å². The van der Waals surface area contributed by atoms with Crippen LogP contribution in [0.15, 0.2) is 42.6 Å². The Morgan fingerprint density at radius 1 is 1.00 bits per heavy atom. The number of halogens is 2. The highest BCUT2D eigenvalue weighted by Gasteiger charge is 2.03. The molecule has 0 spiro atoms. The summed E-state index contributed by atoms with van der Waals surface area (Å²) >= 11 is 11.8. The van der Waals surface area contributed by atoms with Crippen LogP contribution < -0.4 is 0 Å². The van der Waals surface area contributed by atoms with Crippen molar-refractivity contribution in [3.8, 4) is 11.1 Å². The van der Waals surface area contributed by atoms with Gasteiger partial charge in [-0.05, 0) is 11.6 Å². The molecule has 0 atom stereocenters. The van der Waals surface area contributed by atoms with E-state index >= 15 is 0 Å². The molecule has 0 amide bonds. The van der Waals surface area contributed by atoms with E-state index in [0.29, 0.717) is 10.2 Å². The molecule has 1 aromatic carbocycles. The van der Waals surface area contributed by atoms with Crippen molar-refractivity contribution in [1.82, 2.24) is 4.98 Å². The smallest absolute Gasteiger partial charge is 0.129 e. The summed E-state index contributed by atoms with van der Waals surface area (Å²) in [7, 11) is 0. The number of hydrogen-bond donors (Lipinski definition) is 0. The first kappa shape index (κ1) is 9.50. The molecule has 0 radical (unpaired) electrons. The summed E-state index contributed by atoms with van der Waals surface area (Å²) in [4.78, 5) is 3.90. The second kappa shape index (κ2) is 3.99. The lowest BCUT2D eigenvalue weighted by Gasteiger charge is -2.03. The monoisotopic (exact) mass is 223 g/mol. The van der Waals surface area contributed by atoms with E-state index in [1.54, 1.807) is 12.3 Å². The van der Waals surface area contributed by atoms with Crippen LogP contribution in [-0.4, -0.2) is 4.98 Å². The molecule has 0 aliphatic heterocycles. The molecule has 0 fully saturated rings. The van der Waals surface area contributed by atoms with Gasteiger partial charge in [-0.1, -0.05) is 53.5 Å². The van der Waals surface area contributed by atoms with Crippen molar-refractivity contribution in [1.29, 1.82) is 0 Å². The van der Waals surface area contributed by atoms with Crippen LogP contribution in [0, 0.1) is 0 Å². The highest BCUT2D eigenvalue weighted by Crippen LogP contribution is 2.28. The SMILES string of the molecule is Clc1cc(-c2ccccc2)c(Cl)cn1. The second-order valence-electron chi connectivity index (χ2n) is 2.85. The first-order valence-electron chi connectivity index (χ1n) is 4.14. The van der Waals surface area contributed by atoms with Crippen molar-refractivity contribution in [3.05, 3.63) is 52.8 Å². The molecular formula is C11H7Cl2N. The Labute approximate surface area is 92.3 Å². The van der Waals surface area contributed by atoms with Gasteiger partial charge >= 0.3 is 0 Å². The van der Waals surface area contributed by atoms with Gasteiger partial charge in [0, 0.05) is 11.8 Å². The number of pyridine rings is 1. The molecule has 1 nitrogen and oxygen atoms in total. The lowest BCUT2D eigenvalue weighted by atomic mass is 10.1. The average Bonchev–Trinajstić information content (AvgIpc) is 2.23. The van der Waals surface area contributed by atoms with Crippen LogP contribution in [0.25, 0.3) is 11.1 Å². The van der Waals surface area contributed by atoms with Gasteiger partial charge in [-0.25, -0.2) is 4.98 Å². The fourth-order valence-electron chi connectivity index (χ4n) is 1.25. The van der Waals surface area contributed by atoms with Crippen LogP contribution in [-0.2, 0) is 0 Å². The number of aromatic nitrogens is 1. The molecule has 14 heavy (non-hydrogen) atoms. The molecule has 0 aliphatic carbocycles. The minimum absolute atomic E-state index is 0.452. The van der Waals surface area contributed by atoms with E-state index in [0.717, 1.165) is 11.1 Å². The Morgan fingerprint density at radius 3 is 2.43 bits per heavy atom. The number of nitrogens with zero attached hydrogens (tertiary/aromatic N) is 1. The molecule has 0 unspecified atom stereocenters. The van der Waals surface area contributed by atoms with E-state index in [1.807, 2.05) is 30.3 Å². The van der Waals surface area contributed by atoms with E-state index in [-0.39, 0.29) is 0 Å². The van der Waals surface area contributed by atoms with E-state index in [9.17, 15) is 0 Å². The fourth-order valence-corrected chi connectivity index (χ4v) is 1.62. The standard InChI is InChI=1S/C11H7Cl2N/c12-10-7-14-11(13)6-9(10)8-4-2-1-3-5-8/h1-7H. The third kappa shape index (κ3) is 1.89. The summed E-state index contributed by atoms with van der Waals surface area (Å²) in [6.45, 7) is 0. The lowest BCUT2D eigenvalue weighted by Crippen LogP contribution is -1.81. The van der Waals surface area contributed by atoms with E-state index in [2.05, 4.69) is 4.98 Å². The molecule has 0 aliphatic rings. The van der Waals surface area contributed by atoms with E-state index in [1.165, 1.54) is 0 Å². The van der Waals surface area contributed by atoms with E-state index < -0.39 is 0 Å². The zero-order valence-electron chi connectivity index (χ0n) is 7.24. The molecule has 70 valence electrons. The van der Waals surface area contributed by atoms with Gasteiger partial charge in [0.25, 0.3) is 0 Å². The molecule has 1 heterocycles. The first-order valence-corrected chi connectivity index (χ1v) is 4.89. The Kier molecular flexibility index (Phi) is 2.71. The van der Waals surface area contributed by atoms with E-state index in [4.69, 9.17) is 23.2 Å². The summed E-state index contributed by atoms with van der Waals surface area (Å²) in [5.74, 6) is 0. The minimum atomic E-state index is 0.452. The van der Waals surface area contributed by atoms with Gasteiger partial charge in [0.2, 0.25) is 0 Å². The molecular weight excluding hydrogens is 217 g/mol. The zero-order valence-corrected chi connectivity index (χ0v) is 8.76. The van der Waals surface area contributed by atoms with Gasteiger partial charge in [0.15, 0.2) is 0 Å². The summed E-state index contributed by atoms with van der Waals surface area (Å²) < 4.78 is 0. The Morgan fingerprint density at radius 2 is 1.71 bits per heavy atom. The first-order chi connectivity index (χ1) is 6.77. The molecule has 2 aromatic rings. The highest BCUT2D eigenvalue weighted by molar-refractivity contribution is 6.34. The molecule has 3 heteroatoms. The Balaban J connectivity index is 2.57. The summed E-state index contributed by atoms with van der Waals surface area (Å²) in [6.07, 6.45) is 1.56. The van der Waals surface area contributed by atoms with Crippen molar-refractivity contribution in [3.63, 3.8) is 0 Å². The number of benzene rings is 1. The van der Waals surface area contributed by atoms with Crippen LogP contribution in [0.1, 0.15) is 0 Å². The predicted molar refractivity (Wildman–Crippen MR) is 59.7 cm³/mol. The van der Waals surface area contributed by atoms with Gasteiger partial charge in [-0.3, -0.25) is 0 Å². The van der Waals surface area contributed by atoms with Crippen LogP contribution in [0.4, 0.5) is 0 Å². The van der Waals surface area contributed by atoms with Crippen molar-refractivity contribution in [2.24, 2.45) is 0 Å². The van der Waals surface area contributed by atoms with Crippen molar-refractivity contribution >= 4 is 23.2 Å². The Hall–Kier alpha value is -1.05. The average molecular weight is 224 g/mol. The summed E-state index contributed by atoms with van der Waals surface area (Å²) in [5.41, 5.74) is 1.95. The molecule has 0 saturated carbocycles. The molecule has 0 bridgehead atoms. The number of hydrogen-bond acceptors (Lipinski definition) is 1.